The van der Waals surface area contributed by atoms with Crippen LogP contribution in [-0.2, 0) is 11.2 Å². The summed E-state index contributed by atoms with van der Waals surface area (Å²) in [4.78, 5) is 16.2. The Labute approximate surface area is 158 Å². The number of carbonyl (C=O) groups excluding carboxylic acids is 1. The van der Waals surface area contributed by atoms with Crippen LogP contribution < -0.4 is 9.64 Å². The van der Waals surface area contributed by atoms with Gasteiger partial charge in [0.25, 0.3) is 0 Å². The van der Waals surface area contributed by atoms with E-state index in [4.69, 9.17) is 9.47 Å². The summed E-state index contributed by atoms with van der Waals surface area (Å²) in [5.74, 6) is 1.13. The third-order valence-electron chi connectivity index (χ3n) is 5.21. The van der Waals surface area contributed by atoms with E-state index in [0.717, 1.165) is 48.9 Å². The molecule has 138 valence electrons. The highest BCUT2D eigenvalue weighted by atomic mass is 32.1. The second-order valence-electron chi connectivity index (χ2n) is 7.83. The van der Waals surface area contributed by atoms with E-state index in [1.165, 1.54) is 16.1 Å². The topological polar surface area (TPSA) is 38.8 Å². The fraction of sp³-hybridized carbons (Fsp3) is 0.476. The number of morpholine rings is 1. The van der Waals surface area contributed by atoms with E-state index >= 15 is 0 Å². The van der Waals surface area contributed by atoms with Crippen molar-refractivity contribution in [2.45, 2.75) is 26.7 Å². The average Bonchev–Trinajstić information content (AvgIpc) is 3.00. The predicted octanol–water partition coefficient (Wildman–Crippen LogP) is 4.42. The van der Waals surface area contributed by atoms with Gasteiger partial charge in [-0.2, -0.15) is 0 Å². The van der Waals surface area contributed by atoms with E-state index in [1.807, 2.05) is 18.2 Å². The number of carbonyl (C=O) groups is 1. The zero-order valence-corrected chi connectivity index (χ0v) is 16.4. The van der Waals surface area contributed by atoms with Crippen LogP contribution in [0.4, 0.5) is 5.00 Å². The average molecular weight is 372 g/mol. The van der Waals surface area contributed by atoms with Crippen molar-refractivity contribution in [1.29, 1.82) is 0 Å². The van der Waals surface area contributed by atoms with Crippen molar-refractivity contribution in [3.8, 4) is 16.9 Å². The molecule has 0 saturated carbocycles. The molecule has 1 fully saturated rings. The summed E-state index contributed by atoms with van der Waals surface area (Å²) in [7, 11) is 1.71. The minimum Gasteiger partial charge on any atom is -0.496 e. The van der Waals surface area contributed by atoms with Crippen LogP contribution in [0.3, 0.4) is 0 Å². The van der Waals surface area contributed by atoms with Crippen LogP contribution in [0.25, 0.3) is 11.1 Å². The van der Waals surface area contributed by atoms with Crippen molar-refractivity contribution < 1.29 is 14.3 Å². The van der Waals surface area contributed by atoms with Crippen molar-refractivity contribution in [3.63, 3.8) is 0 Å². The third kappa shape index (κ3) is 3.03. The molecule has 0 radical (unpaired) electrons. The van der Waals surface area contributed by atoms with Crippen molar-refractivity contribution in [1.82, 2.24) is 0 Å². The fourth-order valence-electron chi connectivity index (χ4n) is 4.02. The van der Waals surface area contributed by atoms with Crippen LogP contribution in [-0.4, -0.2) is 39.2 Å². The highest BCUT2D eigenvalue weighted by molar-refractivity contribution is 7.19. The van der Waals surface area contributed by atoms with Crippen molar-refractivity contribution in [2.75, 3.05) is 38.3 Å². The summed E-state index contributed by atoms with van der Waals surface area (Å²) in [6, 6.07) is 8.14. The molecule has 1 saturated heterocycles. The summed E-state index contributed by atoms with van der Waals surface area (Å²) in [6.07, 6.45) is 1.54. The highest BCUT2D eigenvalue weighted by Gasteiger charge is 2.37. The van der Waals surface area contributed by atoms with Gasteiger partial charge in [0.1, 0.15) is 10.8 Å². The van der Waals surface area contributed by atoms with Gasteiger partial charge in [0, 0.05) is 30.6 Å². The number of Topliss-reactive ketones (excluding diaryl/α,β-unsaturated/α-hetero) is 1. The summed E-state index contributed by atoms with van der Waals surface area (Å²) in [5, 5.41) is 1.19. The molecule has 1 aromatic carbocycles. The van der Waals surface area contributed by atoms with Gasteiger partial charge >= 0.3 is 0 Å². The Hall–Kier alpha value is -1.85. The van der Waals surface area contributed by atoms with Gasteiger partial charge in [-0.25, -0.2) is 0 Å². The first-order valence-electron chi connectivity index (χ1n) is 9.15. The molecule has 0 unspecified atom stereocenters. The van der Waals surface area contributed by atoms with Gasteiger partial charge in [-0.15, -0.1) is 11.3 Å². The number of hydrogen-bond donors (Lipinski definition) is 0. The minimum absolute atomic E-state index is 0.00972. The molecular formula is C21H25NO3S. The van der Waals surface area contributed by atoms with Gasteiger partial charge in [-0.05, 0) is 23.5 Å². The first-order valence-corrected chi connectivity index (χ1v) is 9.97. The smallest absolute Gasteiger partial charge is 0.173 e. The highest BCUT2D eigenvalue weighted by Crippen LogP contribution is 2.51. The molecular weight excluding hydrogens is 346 g/mol. The van der Waals surface area contributed by atoms with E-state index in [9.17, 15) is 4.79 Å². The molecule has 0 amide bonds. The number of thiophene rings is 1. The van der Waals surface area contributed by atoms with E-state index in [1.54, 1.807) is 18.4 Å². The molecule has 0 bridgehead atoms. The quantitative estimate of drug-likeness (QED) is 0.801. The number of ether oxygens (including phenoxy) is 2. The van der Waals surface area contributed by atoms with Gasteiger partial charge in [-0.3, -0.25) is 4.79 Å². The van der Waals surface area contributed by atoms with Crippen LogP contribution in [0.15, 0.2) is 24.3 Å². The summed E-state index contributed by atoms with van der Waals surface area (Å²) in [5.41, 5.74) is 3.46. The molecule has 0 atom stereocenters. The first-order chi connectivity index (χ1) is 12.5. The lowest BCUT2D eigenvalue weighted by Gasteiger charge is -2.30. The van der Waals surface area contributed by atoms with E-state index in [-0.39, 0.29) is 11.2 Å². The fourth-order valence-corrected chi connectivity index (χ4v) is 5.34. The Morgan fingerprint density at radius 2 is 1.88 bits per heavy atom. The second kappa shape index (κ2) is 6.71. The van der Waals surface area contributed by atoms with Gasteiger partial charge in [-0.1, -0.05) is 32.0 Å². The van der Waals surface area contributed by atoms with Crippen molar-refractivity contribution in [3.05, 3.63) is 34.7 Å². The zero-order valence-electron chi connectivity index (χ0n) is 15.6. The maximum atomic E-state index is 12.9. The molecule has 2 aliphatic rings. The van der Waals surface area contributed by atoms with Crippen LogP contribution in [0.5, 0.6) is 5.75 Å². The number of para-hydroxylation sites is 1. The van der Waals surface area contributed by atoms with Crippen LogP contribution in [0, 0.1) is 5.41 Å². The number of ketones is 1. The third-order valence-corrected chi connectivity index (χ3v) is 6.54. The van der Waals surface area contributed by atoms with Gasteiger partial charge < -0.3 is 14.4 Å². The second-order valence-corrected chi connectivity index (χ2v) is 8.83. The molecule has 1 aromatic heterocycles. The molecule has 2 heterocycles. The van der Waals surface area contributed by atoms with E-state index in [0.29, 0.717) is 6.42 Å². The molecule has 2 aromatic rings. The molecule has 1 aliphatic carbocycles. The zero-order chi connectivity index (χ0) is 18.3. The van der Waals surface area contributed by atoms with Crippen LogP contribution >= 0.6 is 11.3 Å². The summed E-state index contributed by atoms with van der Waals surface area (Å²) < 4.78 is 11.2. The lowest BCUT2D eigenvalue weighted by atomic mass is 9.75. The molecule has 0 N–H and O–H groups in total. The van der Waals surface area contributed by atoms with Crippen LogP contribution in [0.1, 0.15) is 35.5 Å². The number of benzene rings is 1. The minimum atomic E-state index is -0.00972. The summed E-state index contributed by atoms with van der Waals surface area (Å²) in [6.45, 7) is 7.55. The largest absolute Gasteiger partial charge is 0.496 e. The number of nitrogens with zero attached hydrogens (tertiary/aromatic N) is 1. The summed E-state index contributed by atoms with van der Waals surface area (Å²) >= 11 is 1.66. The van der Waals surface area contributed by atoms with Crippen molar-refractivity contribution in [2.24, 2.45) is 5.41 Å². The predicted molar refractivity (Wildman–Crippen MR) is 106 cm³/mol. The lowest BCUT2D eigenvalue weighted by Crippen LogP contribution is -2.36. The SMILES string of the molecule is COc1ccccc1-c1c(N2CCOCC2)sc2c1CC(C)(C)CC2=O. The first kappa shape index (κ1) is 17.6. The van der Waals surface area contributed by atoms with Gasteiger partial charge in [0.15, 0.2) is 5.78 Å². The van der Waals surface area contributed by atoms with Crippen molar-refractivity contribution >= 4 is 22.1 Å². The Morgan fingerprint density at radius 1 is 1.15 bits per heavy atom. The molecule has 4 nitrogen and oxygen atoms in total. The van der Waals surface area contributed by atoms with Gasteiger partial charge in [0.2, 0.25) is 0 Å². The maximum Gasteiger partial charge on any atom is 0.173 e. The van der Waals surface area contributed by atoms with E-state index < -0.39 is 0 Å². The number of anilines is 1. The molecule has 4 rings (SSSR count). The van der Waals surface area contributed by atoms with Gasteiger partial charge in [0.05, 0.1) is 25.2 Å². The number of hydrogen-bond acceptors (Lipinski definition) is 5. The molecule has 0 spiro atoms. The Morgan fingerprint density at radius 3 is 2.62 bits per heavy atom. The number of methoxy groups -OCH3 is 1. The van der Waals surface area contributed by atoms with Crippen LogP contribution in [0.2, 0.25) is 0 Å². The standard InChI is InChI=1S/C21H25NO3S/c1-21(2)12-15-18(14-6-4-5-7-17(14)24-3)20(22-8-10-25-11-9-22)26-19(15)16(23)13-21/h4-7H,8-13H2,1-3H3. The Kier molecular flexibility index (Phi) is 4.53. The number of fused-ring (bicyclic) bond motifs is 1. The Balaban J connectivity index is 1.93. The molecule has 5 heteroatoms. The lowest BCUT2D eigenvalue weighted by molar-refractivity contribution is 0.0918. The van der Waals surface area contributed by atoms with E-state index in [2.05, 4.69) is 24.8 Å². The maximum absolute atomic E-state index is 12.9. The molecule has 26 heavy (non-hydrogen) atoms. The molecule has 1 aliphatic heterocycles. The number of rotatable bonds is 3. The normalized spacial score (nSPS) is 19.3. The monoisotopic (exact) mass is 371 g/mol. The Bertz CT molecular complexity index is 834.